The number of nitrogens with one attached hydrogen (secondary N) is 1. The van der Waals surface area contributed by atoms with Gasteiger partial charge in [0.1, 0.15) is 0 Å². The topological polar surface area (TPSA) is 68.3 Å². The van der Waals surface area contributed by atoms with Gasteiger partial charge in [0, 0.05) is 13.2 Å². The van der Waals surface area contributed by atoms with Crippen LogP contribution in [0.3, 0.4) is 0 Å². The summed E-state index contributed by atoms with van der Waals surface area (Å²) in [5.74, 6) is 0. The molecule has 11 heavy (non-hydrogen) atoms. The first kappa shape index (κ1) is 14.0. The van der Waals surface area contributed by atoms with E-state index in [0.29, 0.717) is 39.5 Å². The van der Waals surface area contributed by atoms with Crippen molar-refractivity contribution in [3.05, 3.63) is 5.73 Å². The quantitative estimate of drug-likeness (QED) is 0.314. The van der Waals surface area contributed by atoms with Crippen LogP contribution in [0, 0.1) is 0 Å². The van der Waals surface area contributed by atoms with Gasteiger partial charge < -0.3 is 20.9 Å². The standard InChI is InChI=1S/C6H15N2O2.Li/c7-1-3-9-5-6-10-4-2-8;/h7H,1-6,8H2;/q-1;+1. The third-order valence-electron chi connectivity index (χ3n) is 0.881. The Hall–Kier alpha value is 0.437. The van der Waals surface area contributed by atoms with Crippen molar-refractivity contribution < 1.29 is 28.3 Å². The molecule has 0 aliphatic rings. The van der Waals surface area contributed by atoms with E-state index in [2.05, 4.69) is 0 Å². The van der Waals surface area contributed by atoms with Gasteiger partial charge in [-0.1, -0.05) is 0 Å². The van der Waals surface area contributed by atoms with Crippen LogP contribution in [-0.4, -0.2) is 39.5 Å². The molecule has 0 bridgehead atoms. The van der Waals surface area contributed by atoms with Gasteiger partial charge >= 0.3 is 18.9 Å². The third kappa shape index (κ3) is 13.4. The molecule has 0 unspecified atom stereocenters. The summed E-state index contributed by atoms with van der Waals surface area (Å²) in [5, 5.41) is 0. The summed E-state index contributed by atoms with van der Waals surface area (Å²) >= 11 is 0. The van der Waals surface area contributed by atoms with Gasteiger partial charge in [-0.15, -0.1) is 6.54 Å². The van der Waals surface area contributed by atoms with Crippen LogP contribution in [0.4, 0.5) is 0 Å². The number of nitrogens with two attached hydrogens (primary N) is 1. The van der Waals surface area contributed by atoms with Crippen molar-refractivity contribution in [2.24, 2.45) is 5.73 Å². The van der Waals surface area contributed by atoms with Crippen LogP contribution in [0.25, 0.3) is 5.73 Å². The Morgan fingerprint density at radius 2 is 1.55 bits per heavy atom. The zero-order chi connectivity index (χ0) is 7.66. The molecule has 0 amide bonds. The third-order valence-corrected chi connectivity index (χ3v) is 0.881. The maximum Gasteiger partial charge on any atom is 1.00 e. The Kier molecular flexibility index (Phi) is 16.6. The Balaban J connectivity index is 0. The maximum atomic E-state index is 6.73. The van der Waals surface area contributed by atoms with Crippen molar-refractivity contribution in [2.75, 3.05) is 39.5 Å². The van der Waals surface area contributed by atoms with Crippen LogP contribution in [0.15, 0.2) is 0 Å². The average molecular weight is 154 g/mol. The summed E-state index contributed by atoms with van der Waals surface area (Å²) in [5.41, 5.74) is 11.9. The number of ether oxygens (including phenoxy) is 2. The largest absolute Gasteiger partial charge is 1.00 e. The van der Waals surface area contributed by atoms with Gasteiger partial charge in [0.2, 0.25) is 0 Å². The molecule has 0 fully saturated rings. The van der Waals surface area contributed by atoms with E-state index in [0.717, 1.165) is 0 Å². The molecule has 5 heteroatoms. The molecule has 0 aromatic rings. The van der Waals surface area contributed by atoms with Gasteiger partial charge in [0.15, 0.2) is 0 Å². The molecular formula is C6H15LiN2O2. The van der Waals surface area contributed by atoms with Crippen molar-refractivity contribution >= 4 is 0 Å². The van der Waals surface area contributed by atoms with Gasteiger partial charge in [-0.2, -0.15) is 0 Å². The molecule has 62 valence electrons. The van der Waals surface area contributed by atoms with Crippen LogP contribution in [-0.2, 0) is 9.47 Å². The van der Waals surface area contributed by atoms with Gasteiger partial charge in [-0.05, 0) is 0 Å². The fraction of sp³-hybridized carbons (Fsp3) is 1.00. The van der Waals surface area contributed by atoms with E-state index in [1.54, 1.807) is 0 Å². The van der Waals surface area contributed by atoms with Crippen LogP contribution in [0.1, 0.15) is 0 Å². The molecular weight excluding hydrogens is 139 g/mol. The fourth-order valence-electron chi connectivity index (χ4n) is 0.477. The van der Waals surface area contributed by atoms with E-state index in [1.807, 2.05) is 0 Å². The summed E-state index contributed by atoms with van der Waals surface area (Å²) < 4.78 is 9.99. The van der Waals surface area contributed by atoms with Gasteiger partial charge in [-0.3, -0.25) is 0 Å². The van der Waals surface area contributed by atoms with E-state index in [1.165, 1.54) is 0 Å². The molecule has 0 atom stereocenters. The van der Waals surface area contributed by atoms with Crippen molar-refractivity contribution in [3.63, 3.8) is 0 Å². The fourth-order valence-corrected chi connectivity index (χ4v) is 0.477. The zero-order valence-corrected chi connectivity index (χ0v) is 7.14. The molecule has 0 saturated carbocycles. The van der Waals surface area contributed by atoms with E-state index in [4.69, 9.17) is 20.9 Å². The minimum atomic E-state index is 0. The van der Waals surface area contributed by atoms with Crippen molar-refractivity contribution in [1.29, 1.82) is 0 Å². The van der Waals surface area contributed by atoms with Crippen LogP contribution < -0.4 is 24.6 Å². The molecule has 0 aromatic carbocycles. The van der Waals surface area contributed by atoms with Gasteiger partial charge in [0.25, 0.3) is 0 Å². The number of hydrogen-bond acceptors (Lipinski definition) is 3. The molecule has 0 spiro atoms. The molecule has 0 saturated heterocycles. The van der Waals surface area contributed by atoms with E-state index in [-0.39, 0.29) is 18.9 Å². The Morgan fingerprint density at radius 3 is 2.00 bits per heavy atom. The first-order chi connectivity index (χ1) is 4.91. The Bertz CT molecular complexity index is 58.5. The van der Waals surface area contributed by atoms with Crippen molar-refractivity contribution in [1.82, 2.24) is 0 Å². The predicted molar refractivity (Wildman–Crippen MR) is 39.9 cm³/mol. The first-order valence-corrected chi connectivity index (χ1v) is 3.42. The van der Waals surface area contributed by atoms with E-state index >= 15 is 0 Å². The molecule has 0 rings (SSSR count). The molecule has 3 N–H and O–H groups in total. The molecule has 0 heterocycles. The second-order valence-electron chi connectivity index (χ2n) is 1.76. The summed E-state index contributed by atoms with van der Waals surface area (Å²) in [7, 11) is 0. The van der Waals surface area contributed by atoms with Crippen molar-refractivity contribution in [3.8, 4) is 0 Å². The summed E-state index contributed by atoms with van der Waals surface area (Å²) in [6, 6.07) is 0. The normalized spacial score (nSPS) is 9.27. The Labute approximate surface area is 79.8 Å². The zero-order valence-electron chi connectivity index (χ0n) is 7.14. The molecule has 0 aromatic heterocycles. The Morgan fingerprint density at radius 1 is 1.00 bits per heavy atom. The monoisotopic (exact) mass is 154 g/mol. The number of hydrogen-bond donors (Lipinski definition) is 1. The number of rotatable bonds is 7. The molecule has 0 aliphatic heterocycles. The van der Waals surface area contributed by atoms with E-state index < -0.39 is 0 Å². The smallest absolute Gasteiger partial charge is 0.676 e. The van der Waals surface area contributed by atoms with Crippen LogP contribution in [0.2, 0.25) is 0 Å². The van der Waals surface area contributed by atoms with Gasteiger partial charge in [-0.25, -0.2) is 0 Å². The van der Waals surface area contributed by atoms with Gasteiger partial charge in [0.05, 0.1) is 19.8 Å². The summed E-state index contributed by atoms with van der Waals surface area (Å²) in [4.78, 5) is 0. The predicted octanol–water partition coefficient (Wildman–Crippen LogP) is -2.97. The maximum absolute atomic E-state index is 6.73. The molecule has 0 radical (unpaired) electrons. The first-order valence-electron chi connectivity index (χ1n) is 3.42. The SMILES string of the molecule is [Li+].[NH-]CCOCCOCCN. The summed E-state index contributed by atoms with van der Waals surface area (Å²) in [6.45, 7) is 3.10. The minimum absolute atomic E-state index is 0. The summed E-state index contributed by atoms with van der Waals surface area (Å²) in [6.07, 6.45) is 0. The van der Waals surface area contributed by atoms with Crippen LogP contribution >= 0.6 is 0 Å². The molecule has 0 aliphatic carbocycles. The second kappa shape index (κ2) is 13.1. The average Bonchev–Trinajstić information content (AvgIpc) is 1.97. The second-order valence-corrected chi connectivity index (χ2v) is 1.76. The van der Waals surface area contributed by atoms with E-state index in [9.17, 15) is 0 Å². The van der Waals surface area contributed by atoms with Crippen molar-refractivity contribution in [2.45, 2.75) is 0 Å². The van der Waals surface area contributed by atoms with Crippen LogP contribution in [0.5, 0.6) is 0 Å². The molecule has 4 nitrogen and oxygen atoms in total. The minimum Gasteiger partial charge on any atom is -0.676 e.